The average Bonchev–Trinajstić information content (AvgIpc) is 2.72. The highest BCUT2D eigenvalue weighted by molar-refractivity contribution is 5.78. The first-order valence-corrected chi connectivity index (χ1v) is 6.25. The lowest BCUT2D eigenvalue weighted by molar-refractivity contribution is -0.119. The zero-order chi connectivity index (χ0) is 12.7. The molecule has 1 aliphatic rings. The molecular formula is C14H21NO2. The highest BCUT2D eigenvalue weighted by Gasteiger charge is 2.18. The van der Waals surface area contributed by atoms with Crippen LogP contribution >= 0.6 is 0 Å². The number of aliphatic hydroxyl groups is 1. The molecule has 1 heterocycles. The molecule has 3 atom stereocenters. The van der Waals surface area contributed by atoms with Crippen molar-refractivity contribution in [1.29, 1.82) is 0 Å². The Morgan fingerprint density at radius 2 is 2.35 bits per heavy atom. The van der Waals surface area contributed by atoms with Crippen molar-refractivity contribution in [2.24, 2.45) is 5.92 Å². The third kappa shape index (κ3) is 5.06. The molecule has 0 spiro atoms. The van der Waals surface area contributed by atoms with Crippen LogP contribution in [0.5, 0.6) is 0 Å². The number of aliphatic hydroxyl groups excluding tert-OH is 1. The highest BCUT2D eigenvalue weighted by atomic mass is 16.3. The predicted octanol–water partition coefficient (Wildman–Crippen LogP) is 1.62. The Labute approximate surface area is 103 Å². The van der Waals surface area contributed by atoms with E-state index < -0.39 is 6.10 Å². The maximum Gasteiger partial charge on any atom is 0.220 e. The maximum absolute atomic E-state index is 11.0. The van der Waals surface area contributed by atoms with Crippen LogP contribution in [0.3, 0.4) is 0 Å². The Morgan fingerprint density at radius 3 is 2.94 bits per heavy atom. The normalized spacial score (nSPS) is 23.0. The zero-order valence-corrected chi connectivity index (χ0v) is 10.6. The molecule has 1 rings (SSSR count). The fraction of sp³-hybridized carbons (Fsp3) is 0.643. The third-order valence-electron chi connectivity index (χ3n) is 2.88. The van der Waals surface area contributed by atoms with Gasteiger partial charge in [0.1, 0.15) is 0 Å². The summed E-state index contributed by atoms with van der Waals surface area (Å²) >= 11 is 0. The molecule has 1 aliphatic heterocycles. The molecule has 0 aromatic carbocycles. The molecule has 1 saturated heterocycles. The minimum absolute atomic E-state index is 0.0890. The predicted molar refractivity (Wildman–Crippen MR) is 68.2 cm³/mol. The van der Waals surface area contributed by atoms with E-state index in [1.165, 1.54) is 0 Å². The molecule has 0 aromatic heterocycles. The molecule has 3 heteroatoms. The number of nitrogens with one attached hydrogen (secondary N) is 1. The van der Waals surface area contributed by atoms with Gasteiger partial charge in [0.05, 0.1) is 6.10 Å². The second-order valence-corrected chi connectivity index (χ2v) is 4.48. The Balaban J connectivity index is 2.34. The average molecular weight is 235 g/mol. The van der Waals surface area contributed by atoms with Crippen LogP contribution in [0, 0.1) is 17.8 Å². The van der Waals surface area contributed by atoms with Crippen molar-refractivity contribution in [2.75, 3.05) is 0 Å². The summed E-state index contributed by atoms with van der Waals surface area (Å²) in [7, 11) is 0. The van der Waals surface area contributed by atoms with Crippen LogP contribution in [0.15, 0.2) is 12.2 Å². The number of hydrogen-bond acceptors (Lipinski definition) is 2. The van der Waals surface area contributed by atoms with E-state index >= 15 is 0 Å². The fourth-order valence-corrected chi connectivity index (χ4v) is 1.70. The molecule has 1 amide bonds. The number of hydrogen-bond donors (Lipinski definition) is 2. The Morgan fingerprint density at radius 1 is 1.59 bits per heavy atom. The van der Waals surface area contributed by atoms with Crippen molar-refractivity contribution in [3.8, 4) is 11.8 Å². The van der Waals surface area contributed by atoms with Crippen LogP contribution in [-0.4, -0.2) is 23.2 Å². The van der Waals surface area contributed by atoms with E-state index in [1.54, 1.807) is 6.08 Å². The second kappa shape index (κ2) is 7.13. The number of carbonyl (C=O) groups excluding carboxylic acids is 1. The van der Waals surface area contributed by atoms with Crippen molar-refractivity contribution in [3.05, 3.63) is 12.2 Å². The van der Waals surface area contributed by atoms with Crippen molar-refractivity contribution < 1.29 is 9.90 Å². The molecule has 94 valence electrons. The number of carbonyl (C=O) groups is 1. The van der Waals surface area contributed by atoms with Gasteiger partial charge < -0.3 is 10.4 Å². The second-order valence-electron chi connectivity index (χ2n) is 4.48. The molecule has 0 radical (unpaired) electrons. The van der Waals surface area contributed by atoms with E-state index in [0.717, 1.165) is 12.8 Å². The molecule has 0 unspecified atom stereocenters. The molecule has 2 N–H and O–H groups in total. The summed E-state index contributed by atoms with van der Waals surface area (Å²) in [4.78, 5) is 11.0. The summed E-state index contributed by atoms with van der Waals surface area (Å²) < 4.78 is 0. The summed E-state index contributed by atoms with van der Waals surface area (Å²) in [5.74, 6) is 6.25. The van der Waals surface area contributed by atoms with Crippen molar-refractivity contribution in [1.82, 2.24) is 5.32 Å². The summed E-state index contributed by atoms with van der Waals surface area (Å²) in [5, 5.41) is 12.7. The molecule has 0 saturated carbocycles. The molecule has 0 bridgehead atoms. The Kier molecular flexibility index (Phi) is 5.79. The van der Waals surface area contributed by atoms with Gasteiger partial charge in [0.25, 0.3) is 0 Å². The summed E-state index contributed by atoms with van der Waals surface area (Å²) in [6, 6.07) is 0.0890. The van der Waals surface area contributed by atoms with Gasteiger partial charge in [-0.25, -0.2) is 0 Å². The van der Waals surface area contributed by atoms with E-state index in [0.29, 0.717) is 12.8 Å². The summed E-state index contributed by atoms with van der Waals surface area (Å²) in [6.45, 7) is 3.99. The van der Waals surface area contributed by atoms with Gasteiger partial charge in [-0.3, -0.25) is 4.79 Å². The Hall–Kier alpha value is -1.27. The van der Waals surface area contributed by atoms with Crippen LogP contribution in [0.2, 0.25) is 0 Å². The quantitative estimate of drug-likeness (QED) is 0.574. The smallest absolute Gasteiger partial charge is 0.220 e. The van der Waals surface area contributed by atoms with Gasteiger partial charge in [0.15, 0.2) is 0 Å². The van der Waals surface area contributed by atoms with Gasteiger partial charge in [-0.05, 0) is 12.3 Å². The highest BCUT2D eigenvalue weighted by Crippen LogP contribution is 2.12. The summed E-state index contributed by atoms with van der Waals surface area (Å²) in [5.41, 5.74) is 0. The van der Waals surface area contributed by atoms with Crippen molar-refractivity contribution in [2.45, 2.75) is 51.7 Å². The van der Waals surface area contributed by atoms with E-state index in [2.05, 4.69) is 17.2 Å². The van der Waals surface area contributed by atoms with Gasteiger partial charge >= 0.3 is 0 Å². The standard InChI is InChI=1S/C14H21NO2/c1-3-4-5-6-11(2)13(16)9-7-12-8-10-14(17)15-12/h7,9,11-13,16H,3,6,8,10H2,1-2H3,(H,15,17)/b9-7+/t11-,12+,13+/m1/s1. The van der Waals surface area contributed by atoms with Crippen LogP contribution < -0.4 is 5.32 Å². The van der Waals surface area contributed by atoms with Gasteiger partial charge in [-0.15, -0.1) is 11.8 Å². The molecule has 3 nitrogen and oxygen atoms in total. The SMILES string of the molecule is CCC#CC[C@@H](C)[C@@H](O)/C=C/[C@H]1CCC(=O)N1. The molecular weight excluding hydrogens is 214 g/mol. The lowest BCUT2D eigenvalue weighted by Crippen LogP contribution is -2.24. The zero-order valence-electron chi connectivity index (χ0n) is 10.6. The van der Waals surface area contributed by atoms with Crippen LogP contribution in [-0.2, 0) is 4.79 Å². The first-order chi connectivity index (χ1) is 8.13. The lowest BCUT2D eigenvalue weighted by atomic mass is 10.00. The van der Waals surface area contributed by atoms with Gasteiger partial charge in [0, 0.05) is 25.3 Å². The topological polar surface area (TPSA) is 49.3 Å². The first kappa shape index (κ1) is 13.8. The molecule has 1 fully saturated rings. The fourth-order valence-electron chi connectivity index (χ4n) is 1.70. The van der Waals surface area contributed by atoms with Gasteiger partial charge in [0.2, 0.25) is 5.91 Å². The van der Waals surface area contributed by atoms with Crippen LogP contribution in [0.1, 0.15) is 39.5 Å². The van der Waals surface area contributed by atoms with Gasteiger partial charge in [-0.1, -0.05) is 26.0 Å². The molecule has 0 aromatic rings. The molecule has 0 aliphatic carbocycles. The minimum atomic E-state index is -0.487. The first-order valence-electron chi connectivity index (χ1n) is 6.25. The van der Waals surface area contributed by atoms with Crippen molar-refractivity contribution in [3.63, 3.8) is 0 Å². The lowest BCUT2D eigenvalue weighted by Gasteiger charge is -2.13. The largest absolute Gasteiger partial charge is 0.389 e. The minimum Gasteiger partial charge on any atom is -0.389 e. The van der Waals surface area contributed by atoms with Gasteiger partial charge in [-0.2, -0.15) is 0 Å². The van der Waals surface area contributed by atoms with E-state index in [9.17, 15) is 9.90 Å². The van der Waals surface area contributed by atoms with E-state index in [-0.39, 0.29) is 17.9 Å². The Bertz CT molecular complexity index is 338. The number of rotatable bonds is 4. The van der Waals surface area contributed by atoms with Crippen molar-refractivity contribution >= 4 is 5.91 Å². The third-order valence-corrected chi connectivity index (χ3v) is 2.88. The number of amides is 1. The van der Waals surface area contributed by atoms with E-state index in [1.807, 2.05) is 19.9 Å². The van der Waals surface area contributed by atoms with Crippen LogP contribution in [0.4, 0.5) is 0 Å². The monoisotopic (exact) mass is 235 g/mol. The molecule has 17 heavy (non-hydrogen) atoms. The summed E-state index contributed by atoms with van der Waals surface area (Å²) in [6.07, 6.45) is 6.14. The van der Waals surface area contributed by atoms with E-state index in [4.69, 9.17) is 0 Å². The van der Waals surface area contributed by atoms with Crippen LogP contribution in [0.25, 0.3) is 0 Å². The maximum atomic E-state index is 11.0.